The van der Waals surface area contributed by atoms with E-state index in [0.717, 1.165) is 5.56 Å². The molecule has 0 aliphatic rings. The van der Waals surface area contributed by atoms with E-state index in [4.69, 9.17) is 21.7 Å². The van der Waals surface area contributed by atoms with E-state index < -0.39 is 5.91 Å². The van der Waals surface area contributed by atoms with Gasteiger partial charge in [-0.25, -0.2) is 0 Å². The van der Waals surface area contributed by atoms with E-state index in [-0.39, 0.29) is 11.0 Å². The largest absolute Gasteiger partial charge is 0.493 e. The number of rotatable bonds is 5. The van der Waals surface area contributed by atoms with Crippen molar-refractivity contribution in [2.45, 2.75) is 0 Å². The molecular formula is C19H19N3O4S. The molecule has 0 aliphatic heterocycles. The molecule has 3 N–H and O–H groups in total. The minimum Gasteiger partial charge on any atom is -0.493 e. The van der Waals surface area contributed by atoms with E-state index in [0.29, 0.717) is 17.1 Å². The Morgan fingerprint density at radius 3 is 2.33 bits per heavy atom. The fourth-order valence-corrected chi connectivity index (χ4v) is 2.24. The van der Waals surface area contributed by atoms with Crippen LogP contribution < -0.4 is 25.6 Å². The second-order valence-corrected chi connectivity index (χ2v) is 5.62. The molecule has 2 aromatic carbocycles. The maximum Gasteiger partial charge on any atom is 0.269 e. The minimum atomic E-state index is -0.448. The molecule has 2 aromatic rings. The fourth-order valence-electron chi connectivity index (χ4n) is 2.09. The van der Waals surface area contributed by atoms with Gasteiger partial charge in [0.15, 0.2) is 16.6 Å². The van der Waals surface area contributed by atoms with Gasteiger partial charge in [-0.2, -0.15) is 0 Å². The summed E-state index contributed by atoms with van der Waals surface area (Å²) in [5, 5.41) is 2.41. The Balaban J connectivity index is 1.85. The molecule has 7 nitrogen and oxygen atoms in total. The van der Waals surface area contributed by atoms with E-state index in [1.54, 1.807) is 61.7 Å². The van der Waals surface area contributed by atoms with Crippen LogP contribution in [0.2, 0.25) is 0 Å². The van der Waals surface area contributed by atoms with Crippen molar-refractivity contribution in [1.29, 1.82) is 0 Å². The summed E-state index contributed by atoms with van der Waals surface area (Å²) >= 11 is 4.97. The summed E-state index contributed by atoms with van der Waals surface area (Å²) in [4.78, 5) is 23.8. The third-order valence-corrected chi connectivity index (χ3v) is 3.60. The molecule has 0 saturated carbocycles. The van der Waals surface area contributed by atoms with Crippen molar-refractivity contribution in [3.05, 3.63) is 65.7 Å². The van der Waals surface area contributed by atoms with Gasteiger partial charge in [0.1, 0.15) is 0 Å². The molecule has 0 atom stereocenters. The Hall–Kier alpha value is -3.39. The molecule has 27 heavy (non-hydrogen) atoms. The Kier molecular flexibility index (Phi) is 7.33. The molecule has 8 heteroatoms. The summed E-state index contributed by atoms with van der Waals surface area (Å²) in [6.45, 7) is 0. The first-order valence-electron chi connectivity index (χ1n) is 7.90. The van der Waals surface area contributed by atoms with E-state index in [9.17, 15) is 9.59 Å². The number of amides is 2. The number of thiocarbonyl (C=S) groups is 1. The summed E-state index contributed by atoms with van der Waals surface area (Å²) in [6.07, 6.45) is 2.91. The monoisotopic (exact) mass is 385 g/mol. The average Bonchev–Trinajstić information content (AvgIpc) is 2.70. The number of hydrogen-bond donors (Lipinski definition) is 3. The normalized spacial score (nSPS) is 10.1. The van der Waals surface area contributed by atoms with E-state index >= 15 is 0 Å². The first kappa shape index (κ1) is 19.9. The number of ether oxygens (including phenoxy) is 2. The molecular weight excluding hydrogens is 366 g/mol. The predicted octanol–water partition coefficient (Wildman–Crippen LogP) is 2.05. The average molecular weight is 385 g/mol. The van der Waals surface area contributed by atoms with Crippen LogP contribution in [0.15, 0.2) is 54.6 Å². The van der Waals surface area contributed by atoms with Gasteiger partial charge in [-0.1, -0.05) is 24.3 Å². The highest BCUT2D eigenvalue weighted by Crippen LogP contribution is 2.27. The van der Waals surface area contributed by atoms with E-state index in [2.05, 4.69) is 16.2 Å². The van der Waals surface area contributed by atoms with Gasteiger partial charge < -0.3 is 9.47 Å². The molecule has 0 bridgehead atoms. The topological polar surface area (TPSA) is 88.7 Å². The Morgan fingerprint density at radius 2 is 1.67 bits per heavy atom. The number of carbonyl (C=O) groups excluding carboxylic acids is 2. The van der Waals surface area contributed by atoms with Gasteiger partial charge in [0.05, 0.1) is 14.2 Å². The third kappa shape index (κ3) is 6.12. The zero-order valence-electron chi connectivity index (χ0n) is 14.8. The standard InChI is InChI=1S/C19H19N3O4S/c1-25-15-10-8-13(12-16(15)26-2)9-11-17(23)20-19(27)22-21-18(24)14-6-4-3-5-7-14/h3-12H,1-2H3,(H,21,24)(H2,20,22,23,27)/b11-9+. The highest BCUT2D eigenvalue weighted by Gasteiger charge is 2.06. The maximum atomic E-state index is 11.9. The van der Waals surface area contributed by atoms with Crippen LogP contribution in [-0.2, 0) is 4.79 Å². The van der Waals surface area contributed by atoms with Gasteiger partial charge in [0, 0.05) is 11.6 Å². The molecule has 0 heterocycles. The Labute approximate surface area is 162 Å². The molecule has 0 aromatic heterocycles. The minimum absolute atomic E-state index is 0.0266. The lowest BCUT2D eigenvalue weighted by Gasteiger charge is -2.09. The lowest BCUT2D eigenvalue weighted by molar-refractivity contribution is -0.115. The van der Waals surface area contributed by atoms with Crippen molar-refractivity contribution in [3.63, 3.8) is 0 Å². The second-order valence-electron chi connectivity index (χ2n) is 5.21. The molecule has 2 amide bonds. The van der Waals surface area contributed by atoms with Crippen molar-refractivity contribution in [3.8, 4) is 11.5 Å². The Morgan fingerprint density at radius 1 is 0.963 bits per heavy atom. The van der Waals surface area contributed by atoms with Crippen LogP contribution in [0.25, 0.3) is 6.08 Å². The number of hydrogen-bond acceptors (Lipinski definition) is 5. The summed E-state index contributed by atoms with van der Waals surface area (Å²) in [6, 6.07) is 13.9. The van der Waals surface area contributed by atoms with Crippen molar-refractivity contribution in [2.75, 3.05) is 14.2 Å². The van der Waals surface area contributed by atoms with Gasteiger partial charge in [0.25, 0.3) is 5.91 Å². The molecule has 0 saturated heterocycles. The van der Waals surface area contributed by atoms with Gasteiger partial charge in [-0.3, -0.25) is 25.8 Å². The second kappa shape index (κ2) is 9.93. The van der Waals surface area contributed by atoms with Gasteiger partial charge in [0.2, 0.25) is 5.91 Å². The van der Waals surface area contributed by atoms with Crippen LogP contribution in [0.5, 0.6) is 11.5 Å². The number of nitrogens with one attached hydrogen (secondary N) is 3. The van der Waals surface area contributed by atoms with Gasteiger partial charge in [-0.05, 0) is 48.1 Å². The first-order valence-corrected chi connectivity index (χ1v) is 8.30. The summed E-state index contributed by atoms with van der Waals surface area (Å²) < 4.78 is 10.4. The lowest BCUT2D eigenvalue weighted by Crippen LogP contribution is -2.48. The molecule has 0 aliphatic carbocycles. The predicted molar refractivity (Wildman–Crippen MR) is 106 cm³/mol. The van der Waals surface area contributed by atoms with Crippen molar-refractivity contribution in [1.82, 2.24) is 16.2 Å². The molecule has 0 unspecified atom stereocenters. The number of carbonyl (C=O) groups is 2. The molecule has 0 spiro atoms. The first-order chi connectivity index (χ1) is 13.0. The van der Waals surface area contributed by atoms with Crippen LogP contribution in [0.4, 0.5) is 0 Å². The van der Waals surface area contributed by atoms with Crippen molar-refractivity contribution < 1.29 is 19.1 Å². The smallest absolute Gasteiger partial charge is 0.269 e. The van der Waals surface area contributed by atoms with Crippen molar-refractivity contribution in [2.24, 2.45) is 0 Å². The fraction of sp³-hybridized carbons (Fsp3) is 0.105. The quantitative estimate of drug-likeness (QED) is 0.415. The van der Waals surface area contributed by atoms with Crippen LogP contribution in [0.1, 0.15) is 15.9 Å². The van der Waals surface area contributed by atoms with E-state index in [1.165, 1.54) is 13.2 Å². The summed E-state index contributed by atoms with van der Waals surface area (Å²) in [5.41, 5.74) is 6.09. The van der Waals surface area contributed by atoms with Crippen LogP contribution >= 0.6 is 12.2 Å². The summed E-state index contributed by atoms with van der Waals surface area (Å²) in [5.74, 6) is 0.337. The molecule has 0 radical (unpaired) electrons. The zero-order chi connectivity index (χ0) is 19.6. The van der Waals surface area contributed by atoms with Crippen molar-refractivity contribution >= 4 is 35.2 Å². The van der Waals surface area contributed by atoms with Crippen LogP contribution in [-0.4, -0.2) is 31.1 Å². The van der Waals surface area contributed by atoms with Gasteiger partial charge >= 0.3 is 0 Å². The maximum absolute atomic E-state index is 11.9. The third-order valence-electron chi connectivity index (χ3n) is 3.40. The lowest BCUT2D eigenvalue weighted by atomic mass is 10.2. The SMILES string of the molecule is COc1ccc(/C=C/C(=O)NC(=S)NNC(=O)c2ccccc2)cc1OC. The number of hydrazine groups is 1. The number of benzene rings is 2. The van der Waals surface area contributed by atoms with Gasteiger partial charge in [-0.15, -0.1) is 0 Å². The molecule has 140 valence electrons. The van der Waals surface area contributed by atoms with Crippen LogP contribution in [0, 0.1) is 0 Å². The van der Waals surface area contributed by atoms with E-state index in [1.807, 2.05) is 0 Å². The molecule has 0 fully saturated rings. The zero-order valence-corrected chi connectivity index (χ0v) is 15.6. The highest BCUT2D eigenvalue weighted by atomic mass is 32.1. The summed E-state index contributed by atoms with van der Waals surface area (Å²) in [7, 11) is 3.08. The van der Waals surface area contributed by atoms with Crippen LogP contribution in [0.3, 0.4) is 0 Å². The highest BCUT2D eigenvalue weighted by molar-refractivity contribution is 7.80. The number of methoxy groups -OCH3 is 2. The Bertz CT molecular complexity index is 853. The molecule has 2 rings (SSSR count).